The normalized spacial score (nSPS) is 10.8. The molecule has 0 saturated heterocycles. The van der Waals surface area contributed by atoms with Gasteiger partial charge in [-0.2, -0.15) is 9.61 Å². The van der Waals surface area contributed by atoms with Crippen molar-refractivity contribution in [3.05, 3.63) is 90.2 Å². The quantitative estimate of drug-likeness (QED) is 0.402. The molecule has 0 aliphatic heterocycles. The monoisotopic (exact) mass is 441 g/mol. The number of urea groups is 1. The van der Waals surface area contributed by atoms with Crippen LogP contribution in [0.25, 0.3) is 28.3 Å². The van der Waals surface area contributed by atoms with E-state index in [-0.39, 0.29) is 0 Å². The Bertz CT molecular complexity index is 1420. The van der Waals surface area contributed by atoms with Gasteiger partial charge in [0.1, 0.15) is 0 Å². The largest absolute Gasteiger partial charge is 0.323 e. The number of carbonyl (C=O) groups excluding carboxylic acids is 1. The van der Waals surface area contributed by atoms with Gasteiger partial charge in [-0.1, -0.05) is 35.9 Å². The second kappa shape index (κ2) is 8.44. The zero-order valence-corrected chi connectivity index (χ0v) is 17.4. The molecular formula is C23H16ClN7O. The molecule has 5 aromatic rings. The molecule has 3 aromatic heterocycles. The van der Waals surface area contributed by atoms with Crippen molar-refractivity contribution >= 4 is 34.7 Å². The number of nitrogens with zero attached hydrogens (tertiary/aromatic N) is 5. The molecule has 0 atom stereocenters. The number of aromatic nitrogens is 5. The van der Waals surface area contributed by atoms with Crippen LogP contribution in [-0.4, -0.2) is 30.8 Å². The lowest BCUT2D eigenvalue weighted by molar-refractivity contribution is 0.262. The van der Waals surface area contributed by atoms with Gasteiger partial charge >= 0.3 is 6.03 Å². The van der Waals surface area contributed by atoms with Crippen LogP contribution in [0.3, 0.4) is 0 Å². The van der Waals surface area contributed by atoms with Gasteiger partial charge in [-0.25, -0.2) is 4.79 Å². The van der Waals surface area contributed by atoms with Crippen molar-refractivity contribution in [1.82, 2.24) is 24.8 Å². The minimum absolute atomic E-state index is 0.392. The molecule has 32 heavy (non-hydrogen) atoms. The van der Waals surface area contributed by atoms with Crippen molar-refractivity contribution in [3.8, 4) is 22.6 Å². The van der Waals surface area contributed by atoms with Crippen molar-refractivity contribution < 1.29 is 4.79 Å². The van der Waals surface area contributed by atoms with Gasteiger partial charge in [0.2, 0.25) is 0 Å². The molecule has 156 valence electrons. The lowest BCUT2D eigenvalue weighted by Gasteiger charge is -2.10. The Hall–Kier alpha value is -4.30. The summed E-state index contributed by atoms with van der Waals surface area (Å²) in [6.45, 7) is 0. The third-order valence-electron chi connectivity index (χ3n) is 4.72. The molecule has 9 heteroatoms. The Kier molecular flexibility index (Phi) is 5.19. The fraction of sp³-hybridized carbons (Fsp3) is 0. The van der Waals surface area contributed by atoms with Crippen molar-refractivity contribution in [1.29, 1.82) is 0 Å². The molecule has 2 amide bonds. The van der Waals surface area contributed by atoms with Crippen molar-refractivity contribution in [2.45, 2.75) is 0 Å². The lowest BCUT2D eigenvalue weighted by Crippen LogP contribution is -2.19. The van der Waals surface area contributed by atoms with Crippen LogP contribution < -0.4 is 10.6 Å². The Balaban J connectivity index is 1.41. The summed E-state index contributed by atoms with van der Waals surface area (Å²) in [5, 5.41) is 19.1. The average Bonchev–Trinajstić information content (AvgIpc) is 3.25. The third-order valence-corrected chi connectivity index (χ3v) is 5.05. The predicted molar refractivity (Wildman–Crippen MR) is 124 cm³/mol. The lowest BCUT2D eigenvalue weighted by atomic mass is 10.1. The molecule has 2 aromatic carbocycles. The first-order chi connectivity index (χ1) is 15.7. The van der Waals surface area contributed by atoms with Gasteiger partial charge in [0, 0.05) is 29.2 Å². The molecule has 2 N–H and O–H groups in total. The first-order valence-electron chi connectivity index (χ1n) is 9.73. The highest BCUT2D eigenvalue weighted by atomic mass is 35.5. The predicted octanol–water partition coefficient (Wildman–Crippen LogP) is 5.15. The summed E-state index contributed by atoms with van der Waals surface area (Å²) in [6, 6.07) is 21.5. The number of benzene rings is 2. The summed E-state index contributed by atoms with van der Waals surface area (Å²) in [5.74, 6) is 0.600. The number of rotatable bonds is 4. The second-order valence-corrected chi connectivity index (χ2v) is 7.30. The number of hydrogen-bond acceptors (Lipinski definition) is 5. The summed E-state index contributed by atoms with van der Waals surface area (Å²) >= 11 is 6.10. The zero-order chi connectivity index (χ0) is 21.9. The number of para-hydroxylation sites is 1. The maximum Gasteiger partial charge on any atom is 0.323 e. The number of hydrogen-bond donors (Lipinski definition) is 2. The molecule has 0 fully saturated rings. The Labute approximate surface area is 187 Å². The Morgan fingerprint density at radius 2 is 1.75 bits per heavy atom. The molecule has 3 heterocycles. The first-order valence-corrected chi connectivity index (χ1v) is 10.1. The van der Waals surface area contributed by atoms with Crippen molar-refractivity contribution in [2.24, 2.45) is 0 Å². The molecule has 8 nitrogen and oxygen atoms in total. The summed E-state index contributed by atoms with van der Waals surface area (Å²) in [6.07, 6.45) is 3.42. The van der Waals surface area contributed by atoms with E-state index in [0.29, 0.717) is 33.6 Å². The molecule has 0 saturated carbocycles. The molecule has 0 spiro atoms. The van der Waals surface area contributed by atoms with Crippen LogP contribution in [0, 0.1) is 0 Å². The van der Waals surface area contributed by atoms with Crippen LogP contribution in [0.5, 0.6) is 0 Å². The first kappa shape index (κ1) is 19.7. The van der Waals surface area contributed by atoms with E-state index < -0.39 is 6.03 Å². The Morgan fingerprint density at radius 1 is 0.875 bits per heavy atom. The molecular weight excluding hydrogens is 426 g/mol. The molecule has 0 aliphatic carbocycles. The molecule has 0 bridgehead atoms. The van der Waals surface area contributed by atoms with E-state index in [1.54, 1.807) is 47.2 Å². The number of fused-ring (bicyclic) bond motifs is 1. The van der Waals surface area contributed by atoms with Crippen LogP contribution in [-0.2, 0) is 0 Å². The SMILES string of the molecule is O=C(Nc1cccc(-c2ccc3nnc(-c4cccnc4)n3n2)c1)Nc1ccccc1Cl. The van der Waals surface area contributed by atoms with Crippen molar-refractivity contribution in [3.63, 3.8) is 0 Å². The molecule has 5 rings (SSSR count). The van der Waals surface area contributed by atoms with E-state index in [9.17, 15) is 4.79 Å². The van der Waals surface area contributed by atoms with Gasteiger partial charge in [0.25, 0.3) is 0 Å². The number of pyridine rings is 1. The van der Waals surface area contributed by atoms with E-state index in [4.69, 9.17) is 16.7 Å². The topological polar surface area (TPSA) is 97.1 Å². The van der Waals surface area contributed by atoms with Gasteiger partial charge < -0.3 is 10.6 Å². The third kappa shape index (κ3) is 3.99. The Morgan fingerprint density at radius 3 is 2.59 bits per heavy atom. The number of nitrogens with one attached hydrogen (secondary N) is 2. The smallest absolute Gasteiger partial charge is 0.308 e. The minimum Gasteiger partial charge on any atom is -0.308 e. The van der Waals surface area contributed by atoms with E-state index >= 15 is 0 Å². The highest BCUT2D eigenvalue weighted by Crippen LogP contribution is 2.24. The number of halogens is 1. The second-order valence-electron chi connectivity index (χ2n) is 6.89. The highest BCUT2D eigenvalue weighted by Gasteiger charge is 2.12. The number of carbonyl (C=O) groups is 1. The van der Waals surface area contributed by atoms with E-state index in [1.807, 2.05) is 42.5 Å². The summed E-state index contributed by atoms with van der Waals surface area (Å²) in [5.41, 5.74) is 4.12. The van der Waals surface area contributed by atoms with Crippen LogP contribution in [0.1, 0.15) is 0 Å². The average molecular weight is 442 g/mol. The fourth-order valence-corrected chi connectivity index (χ4v) is 3.40. The van der Waals surface area contributed by atoms with Gasteiger partial charge in [-0.15, -0.1) is 10.2 Å². The highest BCUT2D eigenvalue weighted by molar-refractivity contribution is 6.33. The number of anilines is 2. The minimum atomic E-state index is -0.392. The maximum absolute atomic E-state index is 12.4. The van der Waals surface area contributed by atoms with E-state index in [0.717, 1.165) is 11.1 Å². The maximum atomic E-state index is 12.4. The molecule has 0 unspecified atom stereocenters. The van der Waals surface area contributed by atoms with Crippen LogP contribution in [0.4, 0.5) is 16.2 Å². The van der Waals surface area contributed by atoms with Gasteiger partial charge in [0.05, 0.1) is 16.4 Å². The fourth-order valence-electron chi connectivity index (χ4n) is 3.22. The van der Waals surface area contributed by atoms with E-state index in [1.165, 1.54) is 0 Å². The summed E-state index contributed by atoms with van der Waals surface area (Å²) in [7, 11) is 0. The summed E-state index contributed by atoms with van der Waals surface area (Å²) < 4.78 is 1.68. The van der Waals surface area contributed by atoms with Crippen LogP contribution >= 0.6 is 11.6 Å². The summed E-state index contributed by atoms with van der Waals surface area (Å²) in [4.78, 5) is 16.5. The van der Waals surface area contributed by atoms with Crippen LogP contribution in [0.15, 0.2) is 85.2 Å². The van der Waals surface area contributed by atoms with Crippen LogP contribution in [0.2, 0.25) is 5.02 Å². The van der Waals surface area contributed by atoms with Gasteiger partial charge in [-0.3, -0.25) is 4.98 Å². The number of amides is 2. The van der Waals surface area contributed by atoms with Gasteiger partial charge in [-0.05, 0) is 48.5 Å². The molecule has 0 radical (unpaired) electrons. The van der Waals surface area contributed by atoms with Crippen molar-refractivity contribution in [2.75, 3.05) is 10.6 Å². The van der Waals surface area contributed by atoms with E-state index in [2.05, 4.69) is 25.8 Å². The van der Waals surface area contributed by atoms with Gasteiger partial charge in [0.15, 0.2) is 11.5 Å². The molecule has 0 aliphatic rings. The standard InChI is InChI=1S/C23H16ClN7O/c24-18-8-1-2-9-20(18)27-23(32)26-17-7-3-5-15(13-17)19-10-11-21-28-29-22(31(21)30-19)16-6-4-12-25-14-16/h1-14H,(H2,26,27,32). The zero-order valence-electron chi connectivity index (χ0n) is 16.6.